The minimum Gasteiger partial charge on any atom is -0.379 e. The van der Waals surface area contributed by atoms with Gasteiger partial charge >= 0.3 is 0 Å². The summed E-state index contributed by atoms with van der Waals surface area (Å²) in [6, 6.07) is 0. The molecular weight excluding hydrogens is 196 g/mol. The topological polar surface area (TPSA) is 73.6 Å². The third kappa shape index (κ3) is 8.35. The molecule has 0 heterocycles. The molecule has 5 nitrogen and oxygen atoms in total. The van der Waals surface area contributed by atoms with E-state index in [1.165, 1.54) is 0 Å². The quantitative estimate of drug-likeness (QED) is 0.530. The number of hydrogen-bond acceptors (Lipinski definition) is 4. The summed E-state index contributed by atoms with van der Waals surface area (Å²) in [7, 11) is 0. The molecule has 0 rings (SSSR count). The van der Waals surface area contributed by atoms with Gasteiger partial charge in [0.1, 0.15) is 6.10 Å². The van der Waals surface area contributed by atoms with Crippen LogP contribution in [-0.4, -0.2) is 44.9 Å². The van der Waals surface area contributed by atoms with Crippen molar-refractivity contribution < 1.29 is 14.3 Å². The molecule has 15 heavy (non-hydrogen) atoms. The van der Waals surface area contributed by atoms with Gasteiger partial charge in [-0.1, -0.05) is 0 Å². The number of ether oxygens (including phenoxy) is 2. The highest BCUT2D eigenvalue weighted by atomic mass is 16.5. The third-order valence-electron chi connectivity index (χ3n) is 1.85. The lowest BCUT2D eigenvalue weighted by Crippen LogP contribution is -2.36. The van der Waals surface area contributed by atoms with Gasteiger partial charge in [-0.25, -0.2) is 0 Å². The summed E-state index contributed by atoms with van der Waals surface area (Å²) in [5.74, 6) is -0.0973. The van der Waals surface area contributed by atoms with Crippen molar-refractivity contribution in [3.8, 4) is 0 Å². The van der Waals surface area contributed by atoms with E-state index in [9.17, 15) is 4.79 Å². The summed E-state index contributed by atoms with van der Waals surface area (Å²) in [6.07, 6.45) is 0.362. The van der Waals surface area contributed by atoms with Gasteiger partial charge in [0.25, 0.3) is 0 Å². The second kappa shape index (κ2) is 9.89. The van der Waals surface area contributed by atoms with Crippen LogP contribution in [0.15, 0.2) is 0 Å². The van der Waals surface area contributed by atoms with E-state index in [-0.39, 0.29) is 5.91 Å². The first-order valence-corrected chi connectivity index (χ1v) is 5.39. The standard InChI is InChI=1S/C10H22N2O3/c1-3-14-7-8-15-9(2)10(13)12-6-4-5-11/h9H,3-8,11H2,1-2H3,(H,12,13). The van der Waals surface area contributed by atoms with Gasteiger partial charge in [-0.15, -0.1) is 0 Å². The lowest BCUT2D eigenvalue weighted by molar-refractivity contribution is -0.132. The molecule has 0 radical (unpaired) electrons. The van der Waals surface area contributed by atoms with Crippen molar-refractivity contribution in [2.45, 2.75) is 26.4 Å². The Kier molecular flexibility index (Phi) is 9.46. The van der Waals surface area contributed by atoms with Gasteiger partial charge in [-0.2, -0.15) is 0 Å². The second-order valence-electron chi connectivity index (χ2n) is 3.14. The Bertz CT molecular complexity index is 165. The Morgan fingerprint density at radius 1 is 1.47 bits per heavy atom. The number of hydrogen-bond donors (Lipinski definition) is 2. The molecule has 3 N–H and O–H groups in total. The molecule has 0 fully saturated rings. The second-order valence-corrected chi connectivity index (χ2v) is 3.14. The van der Waals surface area contributed by atoms with Crippen molar-refractivity contribution >= 4 is 5.91 Å². The molecule has 0 bridgehead atoms. The first-order valence-electron chi connectivity index (χ1n) is 5.39. The van der Waals surface area contributed by atoms with Crippen molar-refractivity contribution in [1.29, 1.82) is 0 Å². The van der Waals surface area contributed by atoms with E-state index >= 15 is 0 Å². The van der Waals surface area contributed by atoms with E-state index in [2.05, 4.69) is 5.32 Å². The Morgan fingerprint density at radius 3 is 2.80 bits per heavy atom. The van der Waals surface area contributed by atoms with Crippen LogP contribution in [0.2, 0.25) is 0 Å². The zero-order chi connectivity index (χ0) is 11.5. The minimum absolute atomic E-state index is 0.0973. The molecule has 1 atom stereocenters. The van der Waals surface area contributed by atoms with E-state index in [0.717, 1.165) is 6.42 Å². The van der Waals surface area contributed by atoms with Gasteiger partial charge in [-0.3, -0.25) is 4.79 Å². The largest absolute Gasteiger partial charge is 0.379 e. The molecule has 90 valence electrons. The molecule has 0 aliphatic carbocycles. The van der Waals surface area contributed by atoms with E-state index in [4.69, 9.17) is 15.2 Å². The van der Waals surface area contributed by atoms with Crippen molar-refractivity contribution in [2.24, 2.45) is 5.73 Å². The fourth-order valence-corrected chi connectivity index (χ4v) is 0.961. The predicted octanol–water partition coefficient (Wildman–Crippen LogP) is -0.107. The van der Waals surface area contributed by atoms with Crippen LogP contribution in [0.5, 0.6) is 0 Å². The molecule has 0 aliphatic rings. The molecule has 1 amide bonds. The van der Waals surface area contributed by atoms with E-state index < -0.39 is 6.10 Å². The minimum atomic E-state index is -0.428. The van der Waals surface area contributed by atoms with Crippen LogP contribution in [-0.2, 0) is 14.3 Å². The zero-order valence-corrected chi connectivity index (χ0v) is 9.62. The van der Waals surface area contributed by atoms with E-state index in [0.29, 0.717) is 32.9 Å². The third-order valence-corrected chi connectivity index (χ3v) is 1.85. The molecule has 0 saturated heterocycles. The number of carbonyl (C=O) groups is 1. The highest BCUT2D eigenvalue weighted by Crippen LogP contribution is 1.91. The zero-order valence-electron chi connectivity index (χ0n) is 9.62. The highest BCUT2D eigenvalue weighted by Gasteiger charge is 2.11. The fraction of sp³-hybridized carbons (Fsp3) is 0.900. The summed E-state index contributed by atoms with van der Waals surface area (Å²) in [6.45, 7) is 6.47. The van der Waals surface area contributed by atoms with Crippen LogP contribution in [0, 0.1) is 0 Å². The van der Waals surface area contributed by atoms with Crippen molar-refractivity contribution in [2.75, 3.05) is 32.9 Å². The maximum atomic E-state index is 11.4. The lowest BCUT2D eigenvalue weighted by Gasteiger charge is -2.12. The normalized spacial score (nSPS) is 12.5. The first kappa shape index (κ1) is 14.3. The highest BCUT2D eigenvalue weighted by molar-refractivity contribution is 5.80. The molecule has 1 unspecified atom stereocenters. The number of nitrogens with one attached hydrogen (secondary N) is 1. The maximum Gasteiger partial charge on any atom is 0.248 e. The van der Waals surface area contributed by atoms with Gasteiger partial charge in [0.05, 0.1) is 13.2 Å². The molecule has 0 aromatic rings. The van der Waals surface area contributed by atoms with Crippen LogP contribution in [0.4, 0.5) is 0 Å². The number of amides is 1. The lowest BCUT2D eigenvalue weighted by atomic mass is 10.3. The Hall–Kier alpha value is -0.650. The van der Waals surface area contributed by atoms with Gasteiger partial charge < -0.3 is 20.5 Å². The molecule has 5 heteroatoms. The van der Waals surface area contributed by atoms with E-state index in [1.807, 2.05) is 6.92 Å². The summed E-state index contributed by atoms with van der Waals surface area (Å²) in [5, 5.41) is 2.74. The number of nitrogens with two attached hydrogens (primary N) is 1. The predicted molar refractivity (Wildman–Crippen MR) is 58.6 cm³/mol. The summed E-state index contributed by atoms with van der Waals surface area (Å²) in [5.41, 5.74) is 5.31. The van der Waals surface area contributed by atoms with Crippen LogP contribution < -0.4 is 11.1 Å². The monoisotopic (exact) mass is 218 g/mol. The Labute approximate surface area is 91.3 Å². The molecular formula is C10H22N2O3. The van der Waals surface area contributed by atoms with Crippen molar-refractivity contribution in [3.63, 3.8) is 0 Å². The van der Waals surface area contributed by atoms with E-state index in [1.54, 1.807) is 6.92 Å². The fourth-order valence-electron chi connectivity index (χ4n) is 0.961. The van der Waals surface area contributed by atoms with Crippen LogP contribution in [0.1, 0.15) is 20.3 Å². The van der Waals surface area contributed by atoms with Gasteiger partial charge in [0.15, 0.2) is 0 Å². The van der Waals surface area contributed by atoms with Crippen LogP contribution in [0.3, 0.4) is 0 Å². The van der Waals surface area contributed by atoms with Gasteiger partial charge in [0, 0.05) is 13.2 Å². The molecule has 0 aromatic heterocycles. The van der Waals surface area contributed by atoms with Crippen molar-refractivity contribution in [3.05, 3.63) is 0 Å². The average molecular weight is 218 g/mol. The average Bonchev–Trinajstić information content (AvgIpc) is 2.24. The molecule has 0 saturated carbocycles. The number of rotatable bonds is 9. The Morgan fingerprint density at radius 2 is 2.20 bits per heavy atom. The number of carbonyl (C=O) groups excluding carboxylic acids is 1. The Balaban J connectivity index is 3.42. The van der Waals surface area contributed by atoms with Crippen LogP contribution in [0.25, 0.3) is 0 Å². The van der Waals surface area contributed by atoms with Gasteiger partial charge in [0.2, 0.25) is 5.91 Å². The molecule has 0 aliphatic heterocycles. The van der Waals surface area contributed by atoms with Gasteiger partial charge in [-0.05, 0) is 26.8 Å². The van der Waals surface area contributed by atoms with Crippen LogP contribution >= 0.6 is 0 Å². The SMILES string of the molecule is CCOCCOC(C)C(=O)NCCCN. The molecule has 0 aromatic carbocycles. The summed E-state index contributed by atoms with van der Waals surface area (Å²) >= 11 is 0. The summed E-state index contributed by atoms with van der Waals surface area (Å²) < 4.78 is 10.4. The maximum absolute atomic E-state index is 11.4. The summed E-state index contributed by atoms with van der Waals surface area (Å²) in [4.78, 5) is 11.4. The van der Waals surface area contributed by atoms with Crippen molar-refractivity contribution in [1.82, 2.24) is 5.32 Å². The smallest absolute Gasteiger partial charge is 0.248 e. The molecule has 0 spiro atoms. The first-order chi connectivity index (χ1) is 7.22.